The molecule has 2 atom stereocenters. The number of hydrogen-bond donors (Lipinski definition) is 0. The van der Waals surface area contributed by atoms with Gasteiger partial charge in [-0.2, -0.15) is 0 Å². The molecule has 0 aliphatic heterocycles. The standard InChI is InChI=1S/C48H33N3/c1-2-14-32(15-3-1)33-28-30-34(31-29-33)49-43-24-11-7-19-39(43)47-44(49)25-13-26-45(47)51-42-23-10-6-18-37(42)38-20-12-27-46(48(38)51)50-40-21-8-4-16-35(40)36-17-5-9-22-41(36)50/h1-12,14-24,26-31H,13,25H2/i1D,2D,3D,4D,5D,6D,7D,8D,9D,10D,11D,12D,13D,14D,15D,16D,17D,18D,19D,20D,21D,22D,23D,24D,25D,26D,27D,28D,29D,30D,31D. The summed E-state index contributed by atoms with van der Waals surface area (Å²) in [4.78, 5) is 0. The topological polar surface area (TPSA) is 14.8 Å². The third kappa shape index (κ3) is 4.06. The molecular weight excluding hydrogens is 619 g/mol. The van der Waals surface area contributed by atoms with Gasteiger partial charge in [-0.15, -0.1) is 0 Å². The van der Waals surface area contributed by atoms with E-state index in [2.05, 4.69) is 0 Å². The van der Waals surface area contributed by atoms with E-state index in [1.807, 2.05) is 0 Å². The number of para-hydroxylation sites is 5. The van der Waals surface area contributed by atoms with Crippen molar-refractivity contribution < 1.29 is 42.5 Å². The van der Waals surface area contributed by atoms with Crippen molar-refractivity contribution >= 4 is 60.2 Å². The smallest absolute Gasteiger partial charge is 0.0782 e. The second kappa shape index (κ2) is 11.0. The normalized spacial score (nSPS) is 24.7. The van der Waals surface area contributed by atoms with Gasteiger partial charge in [-0.05, 0) is 66.2 Å². The summed E-state index contributed by atoms with van der Waals surface area (Å²) in [5, 5.41) is -3.10. The molecule has 0 radical (unpaired) electrons. The van der Waals surface area contributed by atoms with Crippen LogP contribution in [0.3, 0.4) is 0 Å². The number of aromatic nitrogens is 3. The SMILES string of the molecule is [2H]C1=C(n2c3c([2H])c([2H])c([2H])c([2H])c3c3c([2H])c([2H])c([2H])c(-n4c5c([2H])c([2H])c([2H])c([2H])c5c5c([2H])c([2H])c([2H])c([2H])c54)c32)c2c(n(-c3c([2H])c([2H])c(-c4c([2H])c([2H])c([2H])c([2H])c4[2H])c([2H])c3[2H])c3c([2H])c([2H])c([2H])c([2H])c23)C([2H])C1[2H]. The average molecular weight is 683 g/mol. The molecule has 0 bridgehead atoms. The van der Waals surface area contributed by atoms with E-state index in [1.165, 1.54) is 0 Å². The molecule has 51 heavy (non-hydrogen) atoms. The van der Waals surface area contributed by atoms with E-state index in [0.717, 1.165) is 9.13 Å². The van der Waals surface area contributed by atoms with Gasteiger partial charge in [0.1, 0.15) is 0 Å². The summed E-state index contributed by atoms with van der Waals surface area (Å²) >= 11 is 0. The fourth-order valence-corrected chi connectivity index (χ4v) is 6.59. The predicted octanol–water partition coefficient (Wildman–Crippen LogP) is 12.3. The van der Waals surface area contributed by atoms with Crippen molar-refractivity contribution in [2.45, 2.75) is 12.8 Å². The van der Waals surface area contributed by atoms with Crippen molar-refractivity contribution in [2.75, 3.05) is 0 Å². The predicted molar refractivity (Wildman–Crippen MR) is 214 cm³/mol. The van der Waals surface area contributed by atoms with Gasteiger partial charge in [0.05, 0.1) is 78.7 Å². The lowest BCUT2D eigenvalue weighted by Gasteiger charge is -2.21. The van der Waals surface area contributed by atoms with Crippen LogP contribution in [-0.2, 0) is 6.40 Å². The molecule has 0 saturated carbocycles. The lowest BCUT2D eigenvalue weighted by molar-refractivity contribution is 0.874. The molecule has 0 saturated heterocycles. The molecule has 1 aliphatic rings. The van der Waals surface area contributed by atoms with Gasteiger partial charge in [0, 0.05) is 46.6 Å². The highest BCUT2D eigenvalue weighted by molar-refractivity contribution is 6.16. The lowest BCUT2D eigenvalue weighted by Crippen LogP contribution is -2.10. The van der Waals surface area contributed by atoms with E-state index >= 15 is 0 Å². The summed E-state index contributed by atoms with van der Waals surface area (Å²) in [6.07, 6.45) is -4.44. The van der Waals surface area contributed by atoms with E-state index in [0.29, 0.717) is 4.57 Å². The molecule has 2 unspecified atom stereocenters. The fourth-order valence-electron chi connectivity index (χ4n) is 6.59. The molecular formula is C48H33N3. The Hall–Kier alpha value is -6.58. The van der Waals surface area contributed by atoms with Gasteiger partial charge in [0.15, 0.2) is 0 Å². The Morgan fingerprint density at radius 3 is 1.61 bits per heavy atom. The summed E-state index contributed by atoms with van der Waals surface area (Å²) < 4.78 is 285. The molecule has 3 nitrogen and oxygen atoms in total. The van der Waals surface area contributed by atoms with Crippen molar-refractivity contribution in [1.82, 2.24) is 13.7 Å². The number of nitrogens with zero attached hydrogens (tertiary/aromatic N) is 3. The summed E-state index contributed by atoms with van der Waals surface area (Å²) in [6, 6.07) is -27.9. The van der Waals surface area contributed by atoms with Crippen LogP contribution in [0.4, 0.5) is 0 Å². The van der Waals surface area contributed by atoms with Gasteiger partial charge in [0.25, 0.3) is 0 Å². The highest BCUT2D eigenvalue weighted by Gasteiger charge is 2.28. The first-order valence-electron chi connectivity index (χ1n) is 30.8. The second-order valence-corrected chi connectivity index (χ2v) is 11.2. The number of allylic oxidation sites excluding steroid dienone is 1. The zero-order valence-electron chi connectivity index (χ0n) is 56.5. The van der Waals surface area contributed by atoms with E-state index < -0.39 is 282 Å². The molecule has 1 aliphatic carbocycles. The van der Waals surface area contributed by atoms with Crippen molar-refractivity contribution in [2.24, 2.45) is 0 Å². The first-order valence-corrected chi connectivity index (χ1v) is 15.2. The third-order valence-electron chi connectivity index (χ3n) is 8.60. The molecule has 0 amide bonds. The summed E-state index contributed by atoms with van der Waals surface area (Å²) in [6.45, 7) is 0. The van der Waals surface area contributed by atoms with Crippen LogP contribution in [0.2, 0.25) is 0 Å². The summed E-state index contributed by atoms with van der Waals surface area (Å²) in [7, 11) is 0. The van der Waals surface area contributed by atoms with Crippen molar-refractivity contribution in [1.29, 1.82) is 0 Å². The molecule has 3 aromatic heterocycles. The molecule has 3 heterocycles. The van der Waals surface area contributed by atoms with Crippen molar-refractivity contribution in [3.05, 3.63) is 186 Å². The zero-order valence-corrected chi connectivity index (χ0v) is 25.5. The van der Waals surface area contributed by atoms with Gasteiger partial charge >= 0.3 is 0 Å². The van der Waals surface area contributed by atoms with Crippen LogP contribution in [0.15, 0.2) is 175 Å². The Labute approximate surface area is 339 Å². The molecule has 240 valence electrons. The van der Waals surface area contributed by atoms with Crippen LogP contribution in [-0.4, -0.2) is 13.7 Å². The van der Waals surface area contributed by atoms with Crippen LogP contribution in [0.5, 0.6) is 0 Å². The number of hydrogen-bond acceptors (Lipinski definition) is 0. The monoisotopic (exact) mass is 682 g/mol. The van der Waals surface area contributed by atoms with Gasteiger partial charge in [0.2, 0.25) is 0 Å². The van der Waals surface area contributed by atoms with Crippen LogP contribution in [0.25, 0.3) is 82.7 Å². The molecule has 0 fully saturated rings. The molecule has 3 heteroatoms. The van der Waals surface area contributed by atoms with E-state index in [9.17, 15) is 21.9 Å². The Balaban J connectivity index is 1.44. The fraction of sp³-hybridized carbons (Fsp3) is 0.0417. The third-order valence-corrected chi connectivity index (χ3v) is 8.60. The van der Waals surface area contributed by atoms with E-state index in [-0.39, 0.29) is 0 Å². The number of fused-ring (bicyclic) bond motifs is 9. The Morgan fingerprint density at radius 2 is 0.941 bits per heavy atom. The van der Waals surface area contributed by atoms with Crippen molar-refractivity contribution in [3.63, 3.8) is 0 Å². The molecule has 7 aromatic carbocycles. The maximum atomic E-state index is 9.91. The second-order valence-electron chi connectivity index (χ2n) is 11.2. The van der Waals surface area contributed by atoms with E-state index in [4.69, 9.17) is 20.6 Å². The Kier molecular flexibility index (Phi) is 2.47. The highest BCUT2D eigenvalue weighted by atomic mass is 15.1. The van der Waals surface area contributed by atoms with Gasteiger partial charge < -0.3 is 13.7 Å². The number of rotatable bonds is 4. The van der Waals surface area contributed by atoms with Crippen LogP contribution in [0.1, 0.15) is 60.1 Å². The van der Waals surface area contributed by atoms with Gasteiger partial charge in [-0.3, -0.25) is 0 Å². The molecule has 0 spiro atoms. The van der Waals surface area contributed by atoms with Gasteiger partial charge in [-0.1, -0.05) is 133 Å². The maximum absolute atomic E-state index is 9.91. The highest BCUT2D eigenvalue weighted by Crippen LogP contribution is 2.44. The zero-order chi connectivity index (χ0) is 60.4. The van der Waals surface area contributed by atoms with Crippen molar-refractivity contribution in [3.8, 4) is 22.5 Å². The van der Waals surface area contributed by atoms with E-state index in [1.54, 1.807) is 0 Å². The minimum absolute atomic E-state index is 0.547. The van der Waals surface area contributed by atoms with Gasteiger partial charge in [-0.25, -0.2) is 0 Å². The van der Waals surface area contributed by atoms with Crippen LogP contribution in [0, 0.1) is 0 Å². The van der Waals surface area contributed by atoms with Crippen LogP contribution < -0.4 is 0 Å². The first kappa shape index (κ1) is 11.5. The minimum atomic E-state index is -2.25. The Bertz CT molecular complexity index is 4640. The molecule has 0 N–H and O–H groups in total. The molecule has 11 rings (SSSR count). The minimum Gasteiger partial charge on any atom is -0.313 e. The summed E-state index contributed by atoms with van der Waals surface area (Å²) in [5.41, 5.74) is -9.06. The largest absolute Gasteiger partial charge is 0.313 e. The number of benzene rings is 7. The van der Waals surface area contributed by atoms with Crippen LogP contribution >= 0.6 is 0 Å². The Morgan fingerprint density at radius 1 is 0.431 bits per heavy atom. The quantitative estimate of drug-likeness (QED) is 0.175. The lowest BCUT2D eigenvalue weighted by atomic mass is 9.98. The maximum Gasteiger partial charge on any atom is 0.0782 e. The first-order chi connectivity index (χ1) is 38.2. The molecule has 10 aromatic rings. The average Bonchev–Trinajstić information content (AvgIpc) is 1.58. The summed E-state index contributed by atoms with van der Waals surface area (Å²) in [5.74, 6) is 0.